The summed E-state index contributed by atoms with van der Waals surface area (Å²) in [6, 6.07) is 3.95. The molecule has 2 atom stereocenters. The van der Waals surface area contributed by atoms with Crippen LogP contribution in [0.1, 0.15) is 25.5 Å². The van der Waals surface area contributed by atoms with Gasteiger partial charge in [-0.1, -0.05) is 13.0 Å². The Morgan fingerprint density at radius 3 is 2.58 bits per heavy atom. The number of likely N-dealkylation sites (tertiary alicyclic amines) is 1. The second kappa shape index (κ2) is 5.17. The Morgan fingerprint density at radius 1 is 1.42 bits per heavy atom. The van der Waals surface area contributed by atoms with E-state index in [4.69, 9.17) is 5.11 Å². The summed E-state index contributed by atoms with van der Waals surface area (Å²) in [6.45, 7) is 5.01. The Hall–Kier alpha value is -1.62. The molecular formula is C14H18FNO3. The van der Waals surface area contributed by atoms with E-state index in [1.54, 1.807) is 13.0 Å². The smallest absolute Gasteiger partial charge is 0.306 e. The van der Waals surface area contributed by atoms with Gasteiger partial charge in [0.25, 0.3) is 0 Å². The van der Waals surface area contributed by atoms with Crippen LogP contribution in [-0.4, -0.2) is 34.2 Å². The SMILES string of the molecule is CC(C(=O)O)C1CN(C(C)c2ccc(F)cc2O)C1. The van der Waals surface area contributed by atoms with E-state index in [1.165, 1.54) is 6.07 Å². The maximum atomic E-state index is 12.9. The quantitative estimate of drug-likeness (QED) is 0.878. The van der Waals surface area contributed by atoms with Crippen molar-refractivity contribution in [2.24, 2.45) is 11.8 Å². The molecule has 5 heteroatoms. The molecule has 1 heterocycles. The highest BCUT2D eigenvalue weighted by atomic mass is 19.1. The van der Waals surface area contributed by atoms with E-state index in [1.807, 2.05) is 6.92 Å². The van der Waals surface area contributed by atoms with Crippen molar-refractivity contribution >= 4 is 5.97 Å². The highest BCUT2D eigenvalue weighted by Gasteiger charge is 2.37. The number of aliphatic carboxylic acids is 1. The Kier molecular flexibility index (Phi) is 3.75. The summed E-state index contributed by atoms with van der Waals surface area (Å²) in [5, 5.41) is 18.7. The number of aromatic hydroxyl groups is 1. The van der Waals surface area contributed by atoms with Gasteiger partial charge >= 0.3 is 5.97 Å². The Morgan fingerprint density at radius 2 is 2.05 bits per heavy atom. The first-order valence-corrected chi connectivity index (χ1v) is 6.35. The molecule has 4 nitrogen and oxygen atoms in total. The maximum Gasteiger partial charge on any atom is 0.306 e. The number of phenols is 1. The van der Waals surface area contributed by atoms with Crippen molar-refractivity contribution in [3.8, 4) is 5.75 Å². The first-order valence-electron chi connectivity index (χ1n) is 6.35. The third-order valence-electron chi connectivity index (χ3n) is 4.02. The first-order chi connectivity index (χ1) is 8.90. The van der Waals surface area contributed by atoms with Crippen LogP contribution in [-0.2, 0) is 4.79 Å². The first kappa shape index (κ1) is 13.8. The molecule has 2 rings (SSSR count). The number of hydrogen-bond acceptors (Lipinski definition) is 3. The van der Waals surface area contributed by atoms with Gasteiger partial charge in [-0.2, -0.15) is 0 Å². The van der Waals surface area contributed by atoms with Crippen LogP contribution < -0.4 is 0 Å². The summed E-state index contributed by atoms with van der Waals surface area (Å²) in [4.78, 5) is 13.0. The fraction of sp³-hybridized carbons (Fsp3) is 0.500. The van der Waals surface area contributed by atoms with Crippen LogP contribution >= 0.6 is 0 Å². The van der Waals surface area contributed by atoms with Gasteiger partial charge in [-0.15, -0.1) is 0 Å². The van der Waals surface area contributed by atoms with Gasteiger partial charge in [0.15, 0.2) is 0 Å². The van der Waals surface area contributed by atoms with Crippen LogP contribution in [0.15, 0.2) is 18.2 Å². The van der Waals surface area contributed by atoms with E-state index in [-0.39, 0.29) is 23.6 Å². The van der Waals surface area contributed by atoms with Crippen molar-refractivity contribution in [1.82, 2.24) is 4.90 Å². The van der Waals surface area contributed by atoms with Gasteiger partial charge in [0.2, 0.25) is 0 Å². The number of hydrogen-bond donors (Lipinski definition) is 2. The van der Waals surface area contributed by atoms with Crippen LogP contribution in [0.5, 0.6) is 5.75 Å². The molecule has 1 aromatic rings. The third kappa shape index (κ3) is 2.71. The number of benzene rings is 1. The predicted octanol–water partition coefficient (Wildman–Crippen LogP) is 2.24. The number of halogens is 1. The molecule has 0 amide bonds. The molecule has 2 N–H and O–H groups in total. The highest BCUT2D eigenvalue weighted by molar-refractivity contribution is 5.70. The number of carboxylic acid groups (broad SMARTS) is 1. The number of carboxylic acids is 1. The lowest BCUT2D eigenvalue weighted by Crippen LogP contribution is -2.51. The van der Waals surface area contributed by atoms with Gasteiger partial charge in [0.05, 0.1) is 5.92 Å². The molecule has 0 aliphatic carbocycles. The summed E-state index contributed by atoms with van der Waals surface area (Å²) >= 11 is 0. The molecule has 19 heavy (non-hydrogen) atoms. The van der Waals surface area contributed by atoms with Crippen LogP contribution in [0.3, 0.4) is 0 Å². The van der Waals surface area contributed by atoms with E-state index in [2.05, 4.69) is 4.90 Å². The molecule has 0 bridgehead atoms. The molecule has 104 valence electrons. The zero-order valence-electron chi connectivity index (χ0n) is 11.0. The number of carbonyl (C=O) groups is 1. The lowest BCUT2D eigenvalue weighted by atomic mass is 9.85. The molecule has 0 aromatic heterocycles. The Labute approximate surface area is 111 Å². The molecule has 0 radical (unpaired) electrons. The fourth-order valence-corrected chi connectivity index (χ4v) is 2.45. The highest BCUT2D eigenvalue weighted by Crippen LogP contribution is 2.35. The molecule has 0 spiro atoms. The van der Waals surface area contributed by atoms with Crippen molar-refractivity contribution in [2.45, 2.75) is 19.9 Å². The van der Waals surface area contributed by atoms with E-state index in [9.17, 15) is 14.3 Å². The van der Waals surface area contributed by atoms with E-state index >= 15 is 0 Å². The van der Waals surface area contributed by atoms with Gasteiger partial charge < -0.3 is 10.2 Å². The average molecular weight is 267 g/mol. The van der Waals surface area contributed by atoms with Gasteiger partial charge in [-0.25, -0.2) is 4.39 Å². The molecule has 1 aromatic carbocycles. The predicted molar refractivity (Wildman–Crippen MR) is 68.3 cm³/mol. The van der Waals surface area contributed by atoms with E-state index in [0.29, 0.717) is 18.7 Å². The normalized spacial score (nSPS) is 19.7. The molecule has 0 saturated carbocycles. The van der Waals surface area contributed by atoms with Gasteiger partial charge in [-0.3, -0.25) is 9.69 Å². The lowest BCUT2D eigenvalue weighted by molar-refractivity contribution is -0.146. The van der Waals surface area contributed by atoms with E-state index in [0.717, 1.165) is 6.07 Å². The molecule has 1 aliphatic rings. The minimum atomic E-state index is -0.776. The fourth-order valence-electron chi connectivity index (χ4n) is 2.45. The van der Waals surface area contributed by atoms with Crippen LogP contribution in [0.4, 0.5) is 4.39 Å². The van der Waals surface area contributed by atoms with Crippen LogP contribution in [0, 0.1) is 17.7 Å². The van der Waals surface area contributed by atoms with Crippen molar-refractivity contribution in [1.29, 1.82) is 0 Å². The summed E-state index contributed by atoms with van der Waals surface area (Å²) in [5.74, 6) is -1.51. The lowest BCUT2D eigenvalue weighted by Gasteiger charge is -2.45. The molecule has 2 unspecified atom stereocenters. The molecule has 1 aliphatic heterocycles. The van der Waals surface area contributed by atoms with Crippen molar-refractivity contribution < 1.29 is 19.4 Å². The maximum absolute atomic E-state index is 12.9. The summed E-state index contributed by atoms with van der Waals surface area (Å²) in [6.07, 6.45) is 0. The summed E-state index contributed by atoms with van der Waals surface area (Å²) < 4.78 is 12.9. The zero-order valence-corrected chi connectivity index (χ0v) is 11.0. The van der Waals surface area contributed by atoms with Crippen LogP contribution in [0.2, 0.25) is 0 Å². The average Bonchev–Trinajstić information content (AvgIpc) is 2.26. The van der Waals surface area contributed by atoms with E-state index < -0.39 is 11.8 Å². The number of rotatable bonds is 4. The monoisotopic (exact) mass is 267 g/mol. The minimum absolute atomic E-state index is 0.0437. The molecule has 1 fully saturated rings. The number of phenolic OH excluding ortho intramolecular Hbond substituents is 1. The van der Waals surface area contributed by atoms with Crippen molar-refractivity contribution in [3.63, 3.8) is 0 Å². The van der Waals surface area contributed by atoms with Gasteiger partial charge in [0, 0.05) is 30.8 Å². The van der Waals surface area contributed by atoms with Gasteiger partial charge in [-0.05, 0) is 18.9 Å². The summed E-state index contributed by atoms with van der Waals surface area (Å²) in [5.41, 5.74) is 0.669. The standard InChI is InChI=1S/C14H18FNO3/c1-8(14(18)19)10-6-16(7-10)9(2)12-4-3-11(15)5-13(12)17/h3-5,8-10,17H,6-7H2,1-2H3,(H,18,19). The topological polar surface area (TPSA) is 60.8 Å². The number of nitrogens with zero attached hydrogens (tertiary/aromatic N) is 1. The largest absolute Gasteiger partial charge is 0.508 e. The molecule has 1 saturated heterocycles. The third-order valence-corrected chi connectivity index (χ3v) is 4.02. The van der Waals surface area contributed by atoms with Crippen LogP contribution in [0.25, 0.3) is 0 Å². The van der Waals surface area contributed by atoms with Gasteiger partial charge in [0.1, 0.15) is 11.6 Å². The Bertz CT molecular complexity index is 486. The van der Waals surface area contributed by atoms with Crippen molar-refractivity contribution in [3.05, 3.63) is 29.6 Å². The molecular weight excluding hydrogens is 249 g/mol. The zero-order chi connectivity index (χ0) is 14.2. The minimum Gasteiger partial charge on any atom is -0.508 e. The van der Waals surface area contributed by atoms with Crippen molar-refractivity contribution in [2.75, 3.05) is 13.1 Å². The second-order valence-electron chi connectivity index (χ2n) is 5.22. The summed E-state index contributed by atoms with van der Waals surface area (Å²) in [7, 11) is 0. The Balaban J connectivity index is 2.00. The second-order valence-corrected chi connectivity index (χ2v) is 5.22.